The number of nitrogens with one attached hydrogen (secondary N) is 1. The Morgan fingerprint density at radius 3 is 2.50 bits per heavy atom. The number of rotatable bonds is 4. The molecule has 2 rings (SSSR count). The molecule has 1 saturated heterocycles. The first-order chi connectivity index (χ1) is 9.35. The van der Waals surface area contributed by atoms with Gasteiger partial charge >= 0.3 is 12.0 Å². The number of nitrogens with zero attached hydrogens (tertiary/aromatic N) is 2. The van der Waals surface area contributed by atoms with Gasteiger partial charge in [0.05, 0.1) is 6.10 Å². The van der Waals surface area contributed by atoms with Crippen LogP contribution in [0.2, 0.25) is 0 Å². The van der Waals surface area contributed by atoms with E-state index < -0.39 is 24.1 Å². The molecular weight excluding hydrogens is 262 g/mol. The molecular formula is C13H23N3O4. The highest BCUT2D eigenvalue weighted by molar-refractivity contribution is 5.83. The van der Waals surface area contributed by atoms with E-state index in [1.165, 1.54) is 4.90 Å². The van der Waals surface area contributed by atoms with Gasteiger partial charge in [0.2, 0.25) is 0 Å². The minimum Gasteiger partial charge on any atom is -0.480 e. The van der Waals surface area contributed by atoms with Gasteiger partial charge in [-0.05, 0) is 33.4 Å². The van der Waals surface area contributed by atoms with Crippen molar-refractivity contribution in [3.63, 3.8) is 0 Å². The van der Waals surface area contributed by atoms with Crippen LogP contribution in [0.15, 0.2) is 0 Å². The van der Waals surface area contributed by atoms with Crippen molar-refractivity contribution in [1.82, 2.24) is 15.1 Å². The highest BCUT2D eigenvalue weighted by Gasteiger charge is 2.42. The van der Waals surface area contributed by atoms with Crippen LogP contribution in [0.1, 0.15) is 25.7 Å². The third-order valence-corrected chi connectivity index (χ3v) is 4.63. The van der Waals surface area contributed by atoms with Crippen molar-refractivity contribution in [2.75, 3.05) is 27.2 Å². The molecule has 1 unspecified atom stereocenters. The van der Waals surface area contributed by atoms with Crippen molar-refractivity contribution in [3.05, 3.63) is 0 Å². The topological polar surface area (TPSA) is 93.1 Å². The largest absolute Gasteiger partial charge is 0.480 e. The lowest BCUT2D eigenvalue weighted by Gasteiger charge is -2.47. The summed E-state index contributed by atoms with van der Waals surface area (Å²) in [5.74, 6) is -1.07. The predicted octanol–water partition coefficient (Wildman–Crippen LogP) is -0.300. The number of carboxylic acid groups (broad SMARTS) is 1. The number of carbonyl (C=O) groups excluding carboxylic acids is 1. The minimum atomic E-state index is -1.07. The second-order valence-electron chi connectivity index (χ2n) is 6.03. The van der Waals surface area contributed by atoms with Crippen LogP contribution in [0.5, 0.6) is 0 Å². The van der Waals surface area contributed by atoms with Gasteiger partial charge in [-0.1, -0.05) is 0 Å². The van der Waals surface area contributed by atoms with Gasteiger partial charge in [-0.3, -0.25) is 0 Å². The van der Waals surface area contributed by atoms with E-state index in [-0.39, 0.29) is 18.5 Å². The Balaban J connectivity index is 1.93. The molecule has 7 nitrogen and oxygen atoms in total. The fraction of sp³-hybridized carbons (Fsp3) is 0.846. The lowest BCUT2D eigenvalue weighted by Crippen LogP contribution is -2.59. The number of carboxylic acids is 1. The molecule has 0 spiro atoms. The fourth-order valence-electron chi connectivity index (χ4n) is 2.98. The molecule has 0 bridgehead atoms. The van der Waals surface area contributed by atoms with Crippen LogP contribution >= 0.6 is 0 Å². The number of urea groups is 1. The number of likely N-dealkylation sites (tertiary alicyclic amines) is 1. The maximum Gasteiger partial charge on any atom is 0.326 e. The van der Waals surface area contributed by atoms with Crippen LogP contribution < -0.4 is 5.32 Å². The summed E-state index contributed by atoms with van der Waals surface area (Å²) in [5.41, 5.74) is -0.00722. The quantitative estimate of drug-likeness (QED) is 0.659. The van der Waals surface area contributed by atoms with Crippen LogP contribution in [-0.2, 0) is 4.79 Å². The van der Waals surface area contributed by atoms with Crippen LogP contribution in [0, 0.1) is 0 Å². The number of hydrogen-bond donors (Lipinski definition) is 3. The molecule has 3 N–H and O–H groups in total. The summed E-state index contributed by atoms with van der Waals surface area (Å²) in [5, 5.41) is 21.5. The number of amides is 2. The minimum absolute atomic E-state index is 0.00722. The van der Waals surface area contributed by atoms with Crippen molar-refractivity contribution in [2.24, 2.45) is 0 Å². The average Bonchev–Trinajstić information content (AvgIpc) is 2.69. The molecule has 0 aromatic carbocycles. The summed E-state index contributed by atoms with van der Waals surface area (Å²) < 4.78 is 0. The van der Waals surface area contributed by atoms with Crippen molar-refractivity contribution in [2.45, 2.75) is 43.4 Å². The van der Waals surface area contributed by atoms with Gasteiger partial charge in [0.25, 0.3) is 0 Å². The zero-order valence-corrected chi connectivity index (χ0v) is 12.0. The summed E-state index contributed by atoms with van der Waals surface area (Å²) in [6.07, 6.45) is 2.56. The highest BCUT2D eigenvalue weighted by atomic mass is 16.4. The first kappa shape index (κ1) is 15.1. The number of aliphatic carboxylic acids is 1. The van der Waals surface area contributed by atoms with Gasteiger partial charge in [-0.2, -0.15) is 0 Å². The van der Waals surface area contributed by atoms with Gasteiger partial charge in [0.15, 0.2) is 0 Å². The van der Waals surface area contributed by atoms with Gasteiger partial charge in [0, 0.05) is 25.0 Å². The van der Waals surface area contributed by atoms with Crippen molar-refractivity contribution in [1.29, 1.82) is 0 Å². The lowest BCUT2D eigenvalue weighted by molar-refractivity contribution is -0.141. The normalized spacial score (nSPS) is 28.3. The fourth-order valence-corrected chi connectivity index (χ4v) is 2.98. The molecule has 2 aliphatic rings. The molecule has 0 aromatic rings. The van der Waals surface area contributed by atoms with E-state index in [0.717, 1.165) is 19.3 Å². The molecule has 0 radical (unpaired) electrons. The third-order valence-electron chi connectivity index (χ3n) is 4.63. The molecule has 2 fully saturated rings. The number of β-amino-alcohol motifs (C(OH)–C–C–N with tert-alkyl or cyclic N) is 1. The molecule has 20 heavy (non-hydrogen) atoms. The van der Waals surface area contributed by atoms with Crippen LogP contribution in [0.25, 0.3) is 0 Å². The number of hydrogen-bond acceptors (Lipinski definition) is 4. The molecule has 7 heteroatoms. The van der Waals surface area contributed by atoms with E-state index in [2.05, 4.69) is 10.2 Å². The second kappa shape index (κ2) is 5.57. The standard InChI is InChI=1S/C13H23N3O4/c1-15(2)13(4-3-5-13)8-14-12(20)16-7-9(17)6-10(16)11(18)19/h9-10,17H,3-8H2,1-2H3,(H,14,20)(H,18,19)/t9?,10-/m0/s1. The molecule has 1 heterocycles. The Kier molecular flexibility index (Phi) is 4.19. The molecule has 2 atom stereocenters. The van der Waals surface area contributed by atoms with E-state index in [0.29, 0.717) is 6.54 Å². The van der Waals surface area contributed by atoms with E-state index in [1.807, 2.05) is 14.1 Å². The van der Waals surface area contributed by atoms with E-state index >= 15 is 0 Å². The Morgan fingerprint density at radius 2 is 2.05 bits per heavy atom. The number of aliphatic hydroxyl groups is 1. The molecule has 114 valence electrons. The molecule has 0 aromatic heterocycles. The Morgan fingerprint density at radius 1 is 1.40 bits per heavy atom. The predicted molar refractivity (Wildman–Crippen MR) is 72.4 cm³/mol. The summed E-state index contributed by atoms with van der Waals surface area (Å²) in [6.45, 7) is 0.593. The van der Waals surface area contributed by atoms with Crippen molar-refractivity contribution >= 4 is 12.0 Å². The summed E-state index contributed by atoms with van der Waals surface area (Å²) in [7, 11) is 3.98. The Labute approximate surface area is 118 Å². The average molecular weight is 285 g/mol. The van der Waals surface area contributed by atoms with E-state index in [9.17, 15) is 14.7 Å². The summed E-state index contributed by atoms with van der Waals surface area (Å²) in [4.78, 5) is 26.6. The van der Waals surface area contributed by atoms with Crippen molar-refractivity contribution in [3.8, 4) is 0 Å². The zero-order chi connectivity index (χ0) is 14.9. The number of aliphatic hydroxyl groups excluding tert-OH is 1. The first-order valence-electron chi connectivity index (χ1n) is 6.98. The van der Waals surface area contributed by atoms with Gasteiger partial charge in [-0.25, -0.2) is 9.59 Å². The van der Waals surface area contributed by atoms with Crippen LogP contribution in [0.4, 0.5) is 4.79 Å². The van der Waals surface area contributed by atoms with Crippen LogP contribution in [0.3, 0.4) is 0 Å². The van der Waals surface area contributed by atoms with E-state index in [1.54, 1.807) is 0 Å². The first-order valence-corrected chi connectivity index (χ1v) is 6.98. The van der Waals surface area contributed by atoms with E-state index in [4.69, 9.17) is 5.11 Å². The van der Waals surface area contributed by atoms with Gasteiger partial charge in [-0.15, -0.1) is 0 Å². The lowest BCUT2D eigenvalue weighted by atomic mass is 9.75. The molecule has 2 amide bonds. The maximum atomic E-state index is 12.1. The highest BCUT2D eigenvalue weighted by Crippen LogP contribution is 2.35. The Bertz CT molecular complexity index is 395. The van der Waals surface area contributed by atoms with Crippen molar-refractivity contribution < 1.29 is 19.8 Å². The second-order valence-corrected chi connectivity index (χ2v) is 6.03. The zero-order valence-electron chi connectivity index (χ0n) is 12.0. The summed E-state index contributed by atoms with van der Waals surface area (Å²) in [6, 6.07) is -1.33. The molecule has 1 aliphatic carbocycles. The van der Waals surface area contributed by atoms with Gasteiger partial charge in [0.1, 0.15) is 6.04 Å². The monoisotopic (exact) mass is 285 g/mol. The number of likely N-dealkylation sites (N-methyl/N-ethyl adjacent to an activating group) is 1. The maximum absolute atomic E-state index is 12.1. The van der Waals surface area contributed by atoms with Crippen LogP contribution in [-0.4, -0.2) is 76.9 Å². The number of carbonyl (C=O) groups is 2. The SMILES string of the molecule is CN(C)C1(CNC(=O)N2CC(O)C[C@H]2C(=O)O)CCC1. The molecule has 1 saturated carbocycles. The molecule has 1 aliphatic heterocycles. The Hall–Kier alpha value is -1.34. The third kappa shape index (κ3) is 2.73. The van der Waals surface area contributed by atoms with Gasteiger partial charge < -0.3 is 25.3 Å². The summed E-state index contributed by atoms with van der Waals surface area (Å²) >= 11 is 0. The smallest absolute Gasteiger partial charge is 0.326 e.